The smallest absolute Gasteiger partial charge is 0.329 e. The van der Waals surface area contributed by atoms with Crippen molar-refractivity contribution in [3.63, 3.8) is 0 Å². The molecule has 0 heterocycles. The van der Waals surface area contributed by atoms with E-state index in [1.165, 1.54) is 6.42 Å². The van der Waals surface area contributed by atoms with Crippen molar-refractivity contribution in [3.8, 4) is 0 Å². The summed E-state index contributed by atoms with van der Waals surface area (Å²) in [4.78, 5) is 24.9. The van der Waals surface area contributed by atoms with E-state index in [9.17, 15) is 9.59 Å². The van der Waals surface area contributed by atoms with Crippen LogP contribution in [0.2, 0.25) is 0 Å². The largest absolute Gasteiger partial charge is 0.458 e. The van der Waals surface area contributed by atoms with Crippen LogP contribution in [0, 0.1) is 11.3 Å². The molecule has 0 aromatic heterocycles. The Morgan fingerprint density at radius 1 is 1.10 bits per heavy atom. The Morgan fingerprint density at radius 3 is 2.05 bits per heavy atom. The van der Waals surface area contributed by atoms with Crippen molar-refractivity contribution in [1.29, 1.82) is 0 Å². The van der Waals surface area contributed by atoms with Gasteiger partial charge >= 0.3 is 5.97 Å². The van der Waals surface area contributed by atoms with Gasteiger partial charge < -0.3 is 10.1 Å². The van der Waals surface area contributed by atoms with E-state index in [4.69, 9.17) is 4.74 Å². The number of esters is 1. The molecule has 0 bridgehead atoms. The van der Waals surface area contributed by atoms with E-state index in [-0.39, 0.29) is 23.2 Å². The molecule has 1 fully saturated rings. The SMILES string of the molecule is CC(C)[C@H](NC(=O)C1(C)CCCCC1)C(=O)OC(C)(C)C. The van der Waals surface area contributed by atoms with E-state index in [2.05, 4.69) is 5.32 Å². The molecule has 4 heteroatoms. The highest BCUT2D eigenvalue weighted by Crippen LogP contribution is 2.36. The molecule has 1 N–H and O–H groups in total. The van der Waals surface area contributed by atoms with Gasteiger partial charge in [-0.1, -0.05) is 40.0 Å². The Labute approximate surface area is 129 Å². The fourth-order valence-electron chi connectivity index (χ4n) is 2.74. The summed E-state index contributed by atoms with van der Waals surface area (Å²) in [7, 11) is 0. The second-order valence-corrected chi connectivity index (χ2v) is 7.85. The number of rotatable bonds is 4. The first-order valence-electron chi connectivity index (χ1n) is 8.09. The highest BCUT2D eigenvalue weighted by atomic mass is 16.6. The average molecular weight is 297 g/mol. The van der Waals surface area contributed by atoms with Crippen molar-refractivity contribution in [2.75, 3.05) is 0 Å². The molecule has 4 nitrogen and oxygen atoms in total. The maximum Gasteiger partial charge on any atom is 0.329 e. The van der Waals surface area contributed by atoms with Crippen LogP contribution < -0.4 is 5.32 Å². The Kier molecular flexibility index (Phi) is 5.83. The average Bonchev–Trinajstić information content (AvgIpc) is 2.33. The normalized spacial score (nSPS) is 20.0. The Morgan fingerprint density at radius 2 is 1.62 bits per heavy atom. The summed E-state index contributed by atoms with van der Waals surface area (Å²) in [6.45, 7) is 11.4. The van der Waals surface area contributed by atoms with Gasteiger partial charge in [0.05, 0.1) is 0 Å². The van der Waals surface area contributed by atoms with Crippen molar-refractivity contribution in [3.05, 3.63) is 0 Å². The van der Waals surface area contributed by atoms with Crippen molar-refractivity contribution < 1.29 is 14.3 Å². The maximum absolute atomic E-state index is 12.6. The number of ether oxygens (including phenoxy) is 1. The quantitative estimate of drug-likeness (QED) is 0.809. The van der Waals surface area contributed by atoms with Gasteiger partial charge in [0.2, 0.25) is 5.91 Å². The number of hydrogen-bond donors (Lipinski definition) is 1. The highest BCUT2D eigenvalue weighted by molar-refractivity contribution is 5.88. The lowest BCUT2D eigenvalue weighted by Crippen LogP contribution is -2.51. The van der Waals surface area contributed by atoms with Crippen LogP contribution in [0.15, 0.2) is 0 Å². The molecular formula is C17H31NO3. The summed E-state index contributed by atoms with van der Waals surface area (Å²) >= 11 is 0. The third-order valence-corrected chi connectivity index (χ3v) is 4.12. The fourth-order valence-corrected chi connectivity index (χ4v) is 2.74. The number of hydrogen-bond acceptors (Lipinski definition) is 3. The summed E-state index contributed by atoms with van der Waals surface area (Å²) in [6.07, 6.45) is 5.17. The molecule has 1 atom stereocenters. The van der Waals surface area contributed by atoms with Crippen LogP contribution in [0.3, 0.4) is 0 Å². The molecule has 1 aliphatic carbocycles. The third kappa shape index (κ3) is 5.33. The molecule has 0 aliphatic heterocycles. The fraction of sp³-hybridized carbons (Fsp3) is 0.882. The molecule has 1 aliphatic rings. The summed E-state index contributed by atoms with van der Waals surface area (Å²) in [5, 5.41) is 2.94. The van der Waals surface area contributed by atoms with Gasteiger partial charge in [-0.2, -0.15) is 0 Å². The molecule has 1 saturated carbocycles. The maximum atomic E-state index is 12.6. The number of amides is 1. The zero-order valence-corrected chi connectivity index (χ0v) is 14.4. The monoisotopic (exact) mass is 297 g/mol. The molecule has 0 aromatic rings. The van der Waals surface area contributed by atoms with Gasteiger partial charge in [0.25, 0.3) is 0 Å². The van der Waals surface area contributed by atoms with Crippen molar-refractivity contribution in [2.24, 2.45) is 11.3 Å². The molecule has 0 saturated heterocycles. The lowest BCUT2D eigenvalue weighted by Gasteiger charge is -2.34. The minimum Gasteiger partial charge on any atom is -0.458 e. The zero-order valence-electron chi connectivity index (χ0n) is 14.4. The molecule has 122 valence electrons. The van der Waals surface area contributed by atoms with Crippen LogP contribution in [-0.4, -0.2) is 23.5 Å². The van der Waals surface area contributed by atoms with E-state index >= 15 is 0 Å². The predicted molar refractivity (Wildman–Crippen MR) is 83.8 cm³/mol. The molecule has 0 spiro atoms. The molecule has 1 rings (SSSR count). The lowest BCUT2D eigenvalue weighted by atomic mass is 9.75. The van der Waals surface area contributed by atoms with Gasteiger partial charge in [-0.05, 0) is 39.5 Å². The minimum absolute atomic E-state index is 0.00763. The van der Waals surface area contributed by atoms with E-state index < -0.39 is 11.6 Å². The van der Waals surface area contributed by atoms with Crippen molar-refractivity contribution >= 4 is 11.9 Å². The number of carbonyl (C=O) groups excluding carboxylic acids is 2. The molecule has 0 aromatic carbocycles. The van der Waals surface area contributed by atoms with Gasteiger partial charge in [0, 0.05) is 5.41 Å². The second kappa shape index (κ2) is 6.80. The first-order valence-corrected chi connectivity index (χ1v) is 8.09. The van der Waals surface area contributed by atoms with Crippen LogP contribution in [-0.2, 0) is 14.3 Å². The highest BCUT2D eigenvalue weighted by Gasteiger charge is 2.38. The van der Waals surface area contributed by atoms with E-state index in [1.807, 2.05) is 41.5 Å². The Bertz CT molecular complexity index is 376. The minimum atomic E-state index is -0.574. The zero-order chi connectivity index (χ0) is 16.3. The van der Waals surface area contributed by atoms with Gasteiger partial charge in [0.1, 0.15) is 11.6 Å². The Balaban J connectivity index is 2.74. The molecule has 21 heavy (non-hydrogen) atoms. The first kappa shape index (κ1) is 18.0. The Hall–Kier alpha value is -1.06. The third-order valence-electron chi connectivity index (χ3n) is 4.12. The molecule has 1 amide bonds. The van der Waals surface area contributed by atoms with Crippen LogP contribution >= 0.6 is 0 Å². The van der Waals surface area contributed by atoms with Gasteiger partial charge in [-0.3, -0.25) is 4.79 Å². The van der Waals surface area contributed by atoms with E-state index in [1.54, 1.807) is 0 Å². The summed E-state index contributed by atoms with van der Waals surface area (Å²) in [5.74, 6) is -0.340. The van der Waals surface area contributed by atoms with Crippen LogP contribution in [0.1, 0.15) is 73.6 Å². The number of nitrogens with one attached hydrogen (secondary N) is 1. The van der Waals surface area contributed by atoms with Crippen LogP contribution in [0.4, 0.5) is 0 Å². The number of carbonyl (C=O) groups is 2. The summed E-state index contributed by atoms with van der Waals surface area (Å²) < 4.78 is 5.43. The lowest BCUT2D eigenvalue weighted by molar-refractivity contribution is -0.160. The molecular weight excluding hydrogens is 266 g/mol. The van der Waals surface area contributed by atoms with E-state index in [0.29, 0.717) is 0 Å². The molecule has 0 radical (unpaired) electrons. The first-order chi connectivity index (χ1) is 9.55. The topological polar surface area (TPSA) is 55.4 Å². The predicted octanol–water partition coefficient (Wildman–Crippen LogP) is 3.44. The van der Waals surface area contributed by atoms with E-state index in [0.717, 1.165) is 25.7 Å². The van der Waals surface area contributed by atoms with Crippen molar-refractivity contribution in [2.45, 2.75) is 85.3 Å². The second-order valence-electron chi connectivity index (χ2n) is 7.85. The van der Waals surface area contributed by atoms with Gasteiger partial charge in [0.15, 0.2) is 0 Å². The van der Waals surface area contributed by atoms with Crippen molar-refractivity contribution in [1.82, 2.24) is 5.32 Å². The standard InChI is InChI=1S/C17H31NO3/c1-12(2)13(14(19)21-16(3,4)5)18-15(20)17(6)10-8-7-9-11-17/h12-13H,7-11H2,1-6H3,(H,18,20)/t13-/m0/s1. The molecule has 0 unspecified atom stereocenters. The van der Waals surface area contributed by atoms with Gasteiger partial charge in [-0.15, -0.1) is 0 Å². The summed E-state index contributed by atoms with van der Waals surface area (Å²) in [5.41, 5.74) is -0.878. The summed E-state index contributed by atoms with van der Waals surface area (Å²) in [6, 6.07) is -0.574. The van der Waals surface area contributed by atoms with Crippen LogP contribution in [0.5, 0.6) is 0 Å². The van der Waals surface area contributed by atoms with Crippen LogP contribution in [0.25, 0.3) is 0 Å². The van der Waals surface area contributed by atoms with Gasteiger partial charge in [-0.25, -0.2) is 4.79 Å².